The number of aromatic nitrogens is 2. The van der Waals surface area contributed by atoms with E-state index in [1.807, 2.05) is 26.0 Å². The van der Waals surface area contributed by atoms with Crippen molar-refractivity contribution in [2.75, 3.05) is 13.7 Å². The van der Waals surface area contributed by atoms with Gasteiger partial charge in [-0.3, -0.25) is 25.1 Å². The van der Waals surface area contributed by atoms with Crippen LogP contribution in [0.1, 0.15) is 17.0 Å². The Morgan fingerprint density at radius 1 is 1.25 bits per heavy atom. The van der Waals surface area contributed by atoms with Crippen LogP contribution in [0.5, 0.6) is 11.5 Å². The van der Waals surface area contributed by atoms with Gasteiger partial charge in [0.15, 0.2) is 18.1 Å². The second kappa shape index (κ2) is 9.78. The zero-order valence-electron chi connectivity index (χ0n) is 15.9. The molecule has 0 fully saturated rings. The maximum absolute atomic E-state index is 11.9. The van der Waals surface area contributed by atoms with E-state index in [1.165, 1.54) is 13.2 Å². The van der Waals surface area contributed by atoms with Crippen molar-refractivity contribution in [2.24, 2.45) is 0 Å². The number of carbonyl (C=O) groups is 2. The number of methoxy groups -OCH3 is 1. The second-order valence-electron chi connectivity index (χ2n) is 5.81. The molecule has 9 nitrogen and oxygen atoms in total. The predicted octanol–water partition coefficient (Wildman–Crippen LogP) is 1.27. The number of nitriles is 1. The van der Waals surface area contributed by atoms with E-state index in [4.69, 9.17) is 14.7 Å². The molecule has 0 aliphatic carbocycles. The number of nitrogens with zero attached hydrogens (tertiary/aromatic N) is 3. The van der Waals surface area contributed by atoms with E-state index >= 15 is 0 Å². The summed E-state index contributed by atoms with van der Waals surface area (Å²) in [5.41, 5.74) is 7.00. The van der Waals surface area contributed by atoms with Crippen LogP contribution in [0.15, 0.2) is 30.3 Å². The molecule has 0 saturated heterocycles. The van der Waals surface area contributed by atoms with Crippen LogP contribution in [0.2, 0.25) is 0 Å². The molecular weight excluding hydrogens is 362 g/mol. The number of ether oxygens (including phenoxy) is 2. The van der Waals surface area contributed by atoms with Crippen LogP contribution in [0.4, 0.5) is 0 Å². The summed E-state index contributed by atoms with van der Waals surface area (Å²) < 4.78 is 12.0. The summed E-state index contributed by atoms with van der Waals surface area (Å²) >= 11 is 0. The normalized spacial score (nSPS) is 10.4. The Kier molecular flexibility index (Phi) is 7.16. The van der Waals surface area contributed by atoms with Crippen LogP contribution < -0.4 is 20.3 Å². The van der Waals surface area contributed by atoms with Crippen LogP contribution in [0, 0.1) is 25.2 Å². The molecule has 1 aromatic carbocycles. The summed E-state index contributed by atoms with van der Waals surface area (Å²) in [5.74, 6) is -0.0165. The lowest BCUT2D eigenvalue weighted by molar-refractivity contribution is -0.127. The van der Waals surface area contributed by atoms with Crippen molar-refractivity contribution < 1.29 is 19.1 Å². The quantitative estimate of drug-likeness (QED) is 0.549. The molecule has 0 saturated carbocycles. The van der Waals surface area contributed by atoms with Crippen molar-refractivity contribution in [3.8, 4) is 17.6 Å². The number of rotatable bonds is 7. The molecule has 0 radical (unpaired) electrons. The van der Waals surface area contributed by atoms with E-state index in [0.717, 1.165) is 11.4 Å². The van der Waals surface area contributed by atoms with Gasteiger partial charge >= 0.3 is 0 Å². The van der Waals surface area contributed by atoms with Gasteiger partial charge in [-0.05, 0) is 43.7 Å². The monoisotopic (exact) mass is 383 g/mol. The van der Waals surface area contributed by atoms with E-state index in [2.05, 4.69) is 16.0 Å². The van der Waals surface area contributed by atoms with E-state index in [0.29, 0.717) is 17.1 Å². The molecule has 2 N–H and O–H groups in total. The highest BCUT2D eigenvalue weighted by Crippen LogP contribution is 2.28. The SMILES string of the molecule is COc1cc(/C=C/C(=O)NNC(=O)Cn2nc(C)cc2C)ccc1OCC#N. The van der Waals surface area contributed by atoms with Crippen LogP contribution >= 0.6 is 0 Å². The molecule has 0 bridgehead atoms. The molecule has 0 aliphatic heterocycles. The van der Waals surface area contributed by atoms with Crippen molar-refractivity contribution >= 4 is 17.9 Å². The lowest BCUT2D eigenvalue weighted by Gasteiger charge is -2.09. The largest absolute Gasteiger partial charge is 0.493 e. The Bertz CT molecular complexity index is 927. The molecule has 0 atom stereocenters. The summed E-state index contributed by atoms with van der Waals surface area (Å²) in [4.78, 5) is 23.8. The first kappa shape index (κ1) is 20.5. The molecule has 0 spiro atoms. The number of aryl methyl sites for hydroxylation is 2. The minimum Gasteiger partial charge on any atom is -0.493 e. The van der Waals surface area contributed by atoms with Crippen LogP contribution in [-0.4, -0.2) is 35.3 Å². The predicted molar refractivity (Wildman–Crippen MR) is 101 cm³/mol. The maximum Gasteiger partial charge on any atom is 0.262 e. The van der Waals surface area contributed by atoms with Crippen molar-refractivity contribution in [3.63, 3.8) is 0 Å². The Balaban J connectivity index is 1.88. The van der Waals surface area contributed by atoms with Gasteiger partial charge in [0.1, 0.15) is 12.6 Å². The molecule has 1 heterocycles. The highest BCUT2D eigenvalue weighted by Gasteiger charge is 2.08. The Morgan fingerprint density at radius 3 is 2.68 bits per heavy atom. The zero-order chi connectivity index (χ0) is 20.5. The van der Waals surface area contributed by atoms with Crippen LogP contribution in [-0.2, 0) is 16.1 Å². The van der Waals surface area contributed by atoms with Gasteiger partial charge in [0.2, 0.25) is 0 Å². The van der Waals surface area contributed by atoms with Gasteiger partial charge in [0.05, 0.1) is 12.8 Å². The Morgan fingerprint density at radius 2 is 2.04 bits per heavy atom. The molecule has 28 heavy (non-hydrogen) atoms. The molecule has 0 aliphatic rings. The van der Waals surface area contributed by atoms with Gasteiger partial charge in [-0.15, -0.1) is 0 Å². The van der Waals surface area contributed by atoms with Gasteiger partial charge in [-0.25, -0.2) is 0 Å². The average Bonchev–Trinajstić information content (AvgIpc) is 2.99. The summed E-state index contributed by atoms with van der Waals surface area (Å²) in [5, 5.41) is 12.8. The summed E-state index contributed by atoms with van der Waals surface area (Å²) in [6.07, 6.45) is 2.83. The maximum atomic E-state index is 11.9. The second-order valence-corrected chi connectivity index (χ2v) is 5.81. The van der Waals surface area contributed by atoms with Crippen molar-refractivity contribution in [3.05, 3.63) is 47.3 Å². The third kappa shape index (κ3) is 5.88. The van der Waals surface area contributed by atoms with E-state index in [1.54, 1.807) is 29.0 Å². The van der Waals surface area contributed by atoms with Crippen molar-refractivity contribution in [1.29, 1.82) is 5.26 Å². The molecule has 0 unspecified atom stereocenters. The minimum atomic E-state index is -0.495. The summed E-state index contributed by atoms with van der Waals surface area (Å²) in [6, 6.07) is 8.76. The fraction of sp³-hybridized carbons (Fsp3) is 0.263. The molecule has 146 valence electrons. The Labute approximate surface area is 162 Å². The van der Waals surface area contributed by atoms with Gasteiger partial charge in [-0.1, -0.05) is 6.07 Å². The molecule has 9 heteroatoms. The average molecular weight is 383 g/mol. The highest BCUT2D eigenvalue weighted by molar-refractivity contribution is 5.93. The topological polar surface area (TPSA) is 118 Å². The first-order valence-electron chi connectivity index (χ1n) is 8.38. The third-order valence-corrected chi connectivity index (χ3v) is 3.63. The first-order valence-corrected chi connectivity index (χ1v) is 8.38. The zero-order valence-corrected chi connectivity index (χ0v) is 15.9. The molecule has 1 aromatic heterocycles. The van der Waals surface area contributed by atoms with Crippen molar-refractivity contribution in [2.45, 2.75) is 20.4 Å². The van der Waals surface area contributed by atoms with Gasteiger partial charge in [-0.2, -0.15) is 10.4 Å². The summed E-state index contributed by atoms with van der Waals surface area (Å²) in [7, 11) is 1.48. The molecule has 2 amide bonds. The number of benzene rings is 1. The highest BCUT2D eigenvalue weighted by atomic mass is 16.5. The minimum absolute atomic E-state index is 0.00499. The summed E-state index contributed by atoms with van der Waals surface area (Å²) in [6.45, 7) is 3.60. The first-order chi connectivity index (χ1) is 13.4. The van der Waals surface area contributed by atoms with Crippen molar-refractivity contribution in [1.82, 2.24) is 20.6 Å². The van der Waals surface area contributed by atoms with E-state index in [-0.39, 0.29) is 13.2 Å². The molecule has 2 aromatic rings. The number of amides is 2. The fourth-order valence-electron chi connectivity index (χ4n) is 2.37. The van der Waals surface area contributed by atoms with Gasteiger partial charge in [0, 0.05) is 11.8 Å². The number of hydrazine groups is 1. The molecular formula is C19H21N5O4. The lowest BCUT2D eigenvalue weighted by Crippen LogP contribution is -2.42. The Hall–Kier alpha value is -3.80. The third-order valence-electron chi connectivity index (χ3n) is 3.63. The van der Waals surface area contributed by atoms with Crippen LogP contribution in [0.25, 0.3) is 6.08 Å². The van der Waals surface area contributed by atoms with Gasteiger partial charge < -0.3 is 9.47 Å². The fourth-order valence-corrected chi connectivity index (χ4v) is 2.37. The van der Waals surface area contributed by atoms with E-state index in [9.17, 15) is 9.59 Å². The smallest absolute Gasteiger partial charge is 0.262 e. The number of hydrogen-bond donors (Lipinski definition) is 2. The number of carbonyl (C=O) groups excluding carboxylic acids is 2. The van der Waals surface area contributed by atoms with E-state index < -0.39 is 11.8 Å². The number of hydrogen-bond acceptors (Lipinski definition) is 6. The lowest BCUT2D eigenvalue weighted by atomic mass is 10.2. The number of nitrogens with one attached hydrogen (secondary N) is 2. The van der Waals surface area contributed by atoms with Crippen LogP contribution in [0.3, 0.4) is 0 Å². The standard InChI is InChI=1S/C19H21N5O4/c1-13-10-14(2)24(23-13)12-19(26)22-21-18(25)7-5-15-4-6-16(28-9-8-20)17(11-15)27-3/h4-7,10-11H,9,12H2,1-3H3,(H,21,25)(H,22,26)/b7-5+. The molecule has 2 rings (SSSR count). The van der Waals surface area contributed by atoms with Gasteiger partial charge in [0.25, 0.3) is 11.8 Å².